The number of hydrogen-bond acceptors (Lipinski definition) is 3. The van der Waals surface area contributed by atoms with Crippen LogP contribution in [0.15, 0.2) is 30.3 Å². The molecule has 0 aromatic heterocycles. The Kier molecular flexibility index (Phi) is 3.98. The minimum Gasteiger partial charge on any atom is -0.486 e. The Morgan fingerprint density at radius 3 is 2.88 bits per heavy atom. The van der Waals surface area contributed by atoms with E-state index in [-0.39, 0.29) is 12.0 Å². The third kappa shape index (κ3) is 3.46. The summed E-state index contributed by atoms with van der Waals surface area (Å²) in [5, 5.41) is 0. The fourth-order valence-corrected chi connectivity index (χ4v) is 1.83. The van der Waals surface area contributed by atoms with Crippen LogP contribution in [0.3, 0.4) is 0 Å². The standard InChI is InChI=1S/C13H17NO3/c1-11(15)14-7-8-16-10-13(9-14)17-12-5-3-2-4-6-12/h2-6,13H,7-10H2,1H3/t13-/m1/s1. The fourth-order valence-electron chi connectivity index (χ4n) is 1.83. The van der Waals surface area contributed by atoms with Gasteiger partial charge in [-0.25, -0.2) is 0 Å². The highest BCUT2D eigenvalue weighted by molar-refractivity contribution is 5.73. The van der Waals surface area contributed by atoms with Gasteiger partial charge in [-0.2, -0.15) is 0 Å². The van der Waals surface area contributed by atoms with Gasteiger partial charge < -0.3 is 14.4 Å². The highest BCUT2D eigenvalue weighted by atomic mass is 16.5. The van der Waals surface area contributed by atoms with Gasteiger partial charge in [0.05, 0.1) is 19.8 Å². The third-order valence-electron chi connectivity index (χ3n) is 2.72. The Hall–Kier alpha value is -1.55. The average molecular weight is 235 g/mol. The first-order chi connectivity index (χ1) is 8.25. The Morgan fingerprint density at radius 1 is 1.41 bits per heavy atom. The first kappa shape index (κ1) is 11.9. The van der Waals surface area contributed by atoms with E-state index in [1.54, 1.807) is 11.8 Å². The Morgan fingerprint density at radius 2 is 2.18 bits per heavy atom. The van der Waals surface area contributed by atoms with E-state index in [0.717, 1.165) is 5.75 Å². The highest BCUT2D eigenvalue weighted by Gasteiger charge is 2.21. The van der Waals surface area contributed by atoms with E-state index in [4.69, 9.17) is 9.47 Å². The Balaban J connectivity index is 1.97. The summed E-state index contributed by atoms with van der Waals surface area (Å²) in [4.78, 5) is 13.1. The number of ether oxygens (including phenoxy) is 2. The molecule has 1 aromatic rings. The van der Waals surface area contributed by atoms with E-state index in [9.17, 15) is 4.79 Å². The van der Waals surface area contributed by atoms with Crippen LogP contribution in [0.2, 0.25) is 0 Å². The lowest BCUT2D eigenvalue weighted by Crippen LogP contribution is -2.38. The van der Waals surface area contributed by atoms with E-state index in [1.807, 2.05) is 30.3 Å². The van der Waals surface area contributed by atoms with Crippen molar-refractivity contribution in [2.45, 2.75) is 13.0 Å². The van der Waals surface area contributed by atoms with Crippen LogP contribution >= 0.6 is 0 Å². The topological polar surface area (TPSA) is 38.8 Å². The second-order valence-electron chi connectivity index (χ2n) is 4.09. The van der Waals surface area contributed by atoms with Gasteiger partial charge in [0.1, 0.15) is 11.9 Å². The van der Waals surface area contributed by atoms with Gasteiger partial charge in [0.15, 0.2) is 0 Å². The van der Waals surface area contributed by atoms with E-state index in [0.29, 0.717) is 26.3 Å². The molecule has 1 fully saturated rings. The smallest absolute Gasteiger partial charge is 0.219 e. The molecule has 1 amide bonds. The molecule has 0 N–H and O–H groups in total. The molecule has 1 aliphatic heterocycles. The molecule has 0 unspecified atom stereocenters. The van der Waals surface area contributed by atoms with Crippen molar-refractivity contribution in [1.82, 2.24) is 4.90 Å². The molecule has 17 heavy (non-hydrogen) atoms. The monoisotopic (exact) mass is 235 g/mol. The van der Waals surface area contributed by atoms with Crippen LogP contribution in [0.25, 0.3) is 0 Å². The zero-order valence-electron chi connectivity index (χ0n) is 9.96. The van der Waals surface area contributed by atoms with Crippen molar-refractivity contribution in [3.63, 3.8) is 0 Å². The molecule has 0 radical (unpaired) electrons. The molecule has 0 bridgehead atoms. The fraction of sp³-hybridized carbons (Fsp3) is 0.462. The van der Waals surface area contributed by atoms with E-state index < -0.39 is 0 Å². The molecule has 1 heterocycles. The zero-order valence-corrected chi connectivity index (χ0v) is 9.96. The van der Waals surface area contributed by atoms with Crippen molar-refractivity contribution in [3.8, 4) is 5.75 Å². The number of carbonyl (C=O) groups excluding carboxylic acids is 1. The Labute approximate surface area is 101 Å². The average Bonchev–Trinajstić information content (AvgIpc) is 2.56. The molecular weight excluding hydrogens is 218 g/mol. The first-order valence-corrected chi connectivity index (χ1v) is 5.80. The minimum absolute atomic E-state index is 0.0668. The molecule has 1 aliphatic rings. The number of para-hydroxylation sites is 1. The predicted molar refractivity (Wildman–Crippen MR) is 63.9 cm³/mol. The van der Waals surface area contributed by atoms with Gasteiger partial charge in [-0.05, 0) is 12.1 Å². The van der Waals surface area contributed by atoms with Crippen molar-refractivity contribution >= 4 is 5.91 Å². The number of benzene rings is 1. The van der Waals surface area contributed by atoms with E-state index in [2.05, 4.69) is 0 Å². The minimum atomic E-state index is -0.0937. The molecule has 4 heteroatoms. The van der Waals surface area contributed by atoms with Crippen molar-refractivity contribution in [2.24, 2.45) is 0 Å². The summed E-state index contributed by atoms with van der Waals surface area (Å²) >= 11 is 0. The maximum Gasteiger partial charge on any atom is 0.219 e. The molecular formula is C13H17NO3. The van der Waals surface area contributed by atoms with Crippen LogP contribution < -0.4 is 4.74 Å². The lowest BCUT2D eigenvalue weighted by molar-refractivity contribution is -0.129. The first-order valence-electron chi connectivity index (χ1n) is 5.80. The van der Waals surface area contributed by atoms with Crippen LogP contribution in [0.5, 0.6) is 5.75 Å². The van der Waals surface area contributed by atoms with Crippen LogP contribution in [0.4, 0.5) is 0 Å². The van der Waals surface area contributed by atoms with Gasteiger partial charge in [-0.3, -0.25) is 4.79 Å². The highest BCUT2D eigenvalue weighted by Crippen LogP contribution is 2.13. The quantitative estimate of drug-likeness (QED) is 0.776. The van der Waals surface area contributed by atoms with Crippen molar-refractivity contribution in [1.29, 1.82) is 0 Å². The number of amides is 1. The van der Waals surface area contributed by atoms with Crippen molar-refractivity contribution < 1.29 is 14.3 Å². The molecule has 0 spiro atoms. The summed E-state index contributed by atoms with van der Waals surface area (Å²) in [6.07, 6.45) is -0.0937. The van der Waals surface area contributed by atoms with E-state index in [1.165, 1.54) is 0 Å². The lowest BCUT2D eigenvalue weighted by atomic mass is 10.3. The molecule has 2 rings (SSSR count). The van der Waals surface area contributed by atoms with E-state index >= 15 is 0 Å². The van der Waals surface area contributed by atoms with Crippen LogP contribution in [0, 0.1) is 0 Å². The summed E-state index contributed by atoms with van der Waals surface area (Å²) < 4.78 is 11.2. The van der Waals surface area contributed by atoms with Crippen molar-refractivity contribution in [3.05, 3.63) is 30.3 Å². The van der Waals surface area contributed by atoms with Gasteiger partial charge in [-0.1, -0.05) is 18.2 Å². The van der Waals surface area contributed by atoms with Gasteiger partial charge in [0, 0.05) is 13.5 Å². The number of hydrogen-bond donors (Lipinski definition) is 0. The second kappa shape index (κ2) is 5.68. The van der Waals surface area contributed by atoms with Gasteiger partial charge >= 0.3 is 0 Å². The second-order valence-corrected chi connectivity index (χ2v) is 4.09. The summed E-state index contributed by atoms with van der Waals surface area (Å²) in [5.74, 6) is 0.878. The largest absolute Gasteiger partial charge is 0.486 e. The maximum atomic E-state index is 11.4. The molecule has 1 aromatic carbocycles. The summed E-state index contributed by atoms with van der Waals surface area (Å²) in [6.45, 7) is 3.91. The number of nitrogens with zero attached hydrogens (tertiary/aromatic N) is 1. The molecule has 0 aliphatic carbocycles. The normalized spacial score (nSPS) is 20.8. The molecule has 0 saturated carbocycles. The van der Waals surface area contributed by atoms with Gasteiger partial charge in [-0.15, -0.1) is 0 Å². The molecule has 1 atom stereocenters. The number of carbonyl (C=O) groups is 1. The summed E-state index contributed by atoms with van der Waals surface area (Å²) in [5.41, 5.74) is 0. The van der Waals surface area contributed by atoms with Crippen LogP contribution in [-0.4, -0.2) is 43.2 Å². The third-order valence-corrected chi connectivity index (χ3v) is 2.72. The lowest BCUT2D eigenvalue weighted by Gasteiger charge is -2.22. The SMILES string of the molecule is CC(=O)N1CCOC[C@H](Oc2ccccc2)C1. The molecule has 92 valence electrons. The Bertz CT molecular complexity index is 366. The zero-order chi connectivity index (χ0) is 12.1. The number of rotatable bonds is 2. The van der Waals surface area contributed by atoms with Gasteiger partial charge in [0.25, 0.3) is 0 Å². The molecule has 4 nitrogen and oxygen atoms in total. The predicted octanol–water partition coefficient (Wildman–Crippen LogP) is 1.31. The van der Waals surface area contributed by atoms with Crippen LogP contribution in [0.1, 0.15) is 6.92 Å². The summed E-state index contributed by atoms with van der Waals surface area (Å²) in [7, 11) is 0. The van der Waals surface area contributed by atoms with Crippen LogP contribution in [-0.2, 0) is 9.53 Å². The summed E-state index contributed by atoms with van der Waals surface area (Å²) in [6, 6.07) is 9.61. The molecule has 1 saturated heterocycles. The van der Waals surface area contributed by atoms with Crippen molar-refractivity contribution in [2.75, 3.05) is 26.3 Å². The van der Waals surface area contributed by atoms with Gasteiger partial charge in [0.2, 0.25) is 5.91 Å². The maximum absolute atomic E-state index is 11.4.